The second-order valence-electron chi connectivity index (χ2n) is 5.08. The predicted octanol–water partition coefficient (Wildman–Crippen LogP) is 2.83. The van der Waals surface area contributed by atoms with Gasteiger partial charge in [-0.1, -0.05) is 11.3 Å². The molecule has 21 heavy (non-hydrogen) atoms. The van der Waals surface area contributed by atoms with Crippen LogP contribution >= 0.6 is 11.3 Å². The summed E-state index contributed by atoms with van der Waals surface area (Å²) in [5, 5.41) is 3.56. The van der Waals surface area contributed by atoms with E-state index in [1.165, 1.54) is 16.9 Å². The van der Waals surface area contributed by atoms with Gasteiger partial charge in [0.1, 0.15) is 0 Å². The molecule has 2 unspecified atom stereocenters. The highest BCUT2D eigenvalue weighted by atomic mass is 32.1. The van der Waals surface area contributed by atoms with Crippen LogP contribution in [0, 0.1) is 5.92 Å². The smallest absolute Gasteiger partial charge is 0.229 e. The molecule has 3 heterocycles. The highest BCUT2D eigenvalue weighted by Crippen LogP contribution is 2.47. The number of carbonyl (C=O) groups is 1. The van der Waals surface area contributed by atoms with E-state index in [1.807, 2.05) is 18.2 Å². The molecule has 1 N–H and O–H groups in total. The van der Waals surface area contributed by atoms with Crippen LogP contribution in [-0.2, 0) is 4.79 Å². The van der Waals surface area contributed by atoms with E-state index in [1.54, 1.807) is 24.8 Å². The number of pyridine rings is 2. The zero-order chi connectivity index (χ0) is 14.2. The summed E-state index contributed by atoms with van der Waals surface area (Å²) in [7, 11) is 0. The fourth-order valence-electron chi connectivity index (χ4n) is 2.50. The number of anilines is 1. The van der Waals surface area contributed by atoms with Crippen molar-refractivity contribution in [2.45, 2.75) is 12.3 Å². The summed E-state index contributed by atoms with van der Waals surface area (Å²) in [6, 6.07) is 5.79. The normalized spacial score (nSPS) is 20.4. The van der Waals surface area contributed by atoms with Crippen LogP contribution in [0.5, 0.6) is 0 Å². The van der Waals surface area contributed by atoms with Gasteiger partial charge in [0.05, 0.1) is 10.2 Å². The summed E-state index contributed by atoms with van der Waals surface area (Å²) in [4.78, 5) is 24.7. The van der Waals surface area contributed by atoms with Gasteiger partial charge in [0.2, 0.25) is 5.91 Å². The third kappa shape index (κ3) is 2.38. The maximum atomic E-state index is 12.3. The van der Waals surface area contributed by atoms with Crippen LogP contribution in [0.1, 0.15) is 17.9 Å². The molecule has 2 atom stereocenters. The van der Waals surface area contributed by atoms with Gasteiger partial charge in [0.25, 0.3) is 0 Å². The van der Waals surface area contributed by atoms with Crippen LogP contribution in [0.2, 0.25) is 0 Å². The van der Waals surface area contributed by atoms with Crippen LogP contribution in [0.15, 0.2) is 43.0 Å². The Hall–Kier alpha value is -2.34. The van der Waals surface area contributed by atoms with Crippen molar-refractivity contribution in [1.29, 1.82) is 0 Å². The number of nitrogens with one attached hydrogen (secondary N) is 1. The SMILES string of the molecule is O=C(Nc1nc2ccncc2s1)C1CC1c1ccncc1. The van der Waals surface area contributed by atoms with Gasteiger partial charge in [-0.15, -0.1) is 0 Å². The van der Waals surface area contributed by atoms with Crippen molar-refractivity contribution in [3.05, 3.63) is 48.5 Å². The number of fused-ring (bicyclic) bond motifs is 1. The first kappa shape index (κ1) is 12.4. The van der Waals surface area contributed by atoms with Crippen molar-refractivity contribution in [3.8, 4) is 0 Å². The van der Waals surface area contributed by atoms with Crippen LogP contribution in [0.3, 0.4) is 0 Å². The molecule has 0 aliphatic heterocycles. The summed E-state index contributed by atoms with van der Waals surface area (Å²) in [6.45, 7) is 0. The van der Waals surface area contributed by atoms with Gasteiger partial charge < -0.3 is 5.32 Å². The minimum absolute atomic E-state index is 0.0394. The van der Waals surface area contributed by atoms with E-state index < -0.39 is 0 Å². The molecule has 4 rings (SSSR count). The number of nitrogens with zero attached hydrogens (tertiary/aromatic N) is 3. The molecule has 6 heteroatoms. The number of aromatic nitrogens is 3. The summed E-state index contributed by atoms with van der Waals surface area (Å²) in [5.41, 5.74) is 2.05. The van der Waals surface area contributed by atoms with E-state index in [4.69, 9.17) is 0 Å². The minimum Gasteiger partial charge on any atom is -0.302 e. The van der Waals surface area contributed by atoms with Crippen molar-refractivity contribution in [2.75, 3.05) is 5.32 Å². The van der Waals surface area contributed by atoms with Gasteiger partial charge in [-0.2, -0.15) is 0 Å². The fraction of sp³-hybridized carbons (Fsp3) is 0.200. The Kier molecular flexibility index (Phi) is 2.89. The molecule has 1 aliphatic rings. The van der Waals surface area contributed by atoms with E-state index in [-0.39, 0.29) is 11.8 Å². The maximum Gasteiger partial charge on any atom is 0.229 e. The average Bonchev–Trinajstić information content (AvgIpc) is 3.22. The van der Waals surface area contributed by atoms with E-state index in [0.717, 1.165) is 16.6 Å². The Balaban J connectivity index is 1.47. The highest BCUT2D eigenvalue weighted by Gasteiger charge is 2.44. The summed E-state index contributed by atoms with van der Waals surface area (Å²) >= 11 is 1.45. The molecule has 104 valence electrons. The zero-order valence-electron chi connectivity index (χ0n) is 11.1. The van der Waals surface area contributed by atoms with Gasteiger partial charge in [-0.25, -0.2) is 4.98 Å². The van der Waals surface area contributed by atoms with Gasteiger partial charge in [-0.3, -0.25) is 14.8 Å². The third-order valence-corrected chi connectivity index (χ3v) is 4.60. The lowest BCUT2D eigenvalue weighted by atomic mass is 10.1. The zero-order valence-corrected chi connectivity index (χ0v) is 11.9. The van der Waals surface area contributed by atoms with Crippen molar-refractivity contribution >= 4 is 32.6 Å². The third-order valence-electron chi connectivity index (χ3n) is 3.68. The van der Waals surface area contributed by atoms with Crippen LogP contribution in [-0.4, -0.2) is 20.9 Å². The number of carbonyl (C=O) groups excluding carboxylic acids is 1. The standard InChI is InChI=1S/C15H12N4OS/c20-14(11-7-10(11)9-1-4-16-5-2-9)19-15-18-12-3-6-17-8-13(12)21-15/h1-6,8,10-11H,7H2,(H,18,19,20). The van der Waals surface area contributed by atoms with E-state index in [0.29, 0.717) is 11.0 Å². The maximum absolute atomic E-state index is 12.3. The Bertz CT molecular complexity index is 769. The lowest BCUT2D eigenvalue weighted by Gasteiger charge is -2.01. The molecule has 1 amide bonds. The number of amides is 1. The molecule has 0 bridgehead atoms. The van der Waals surface area contributed by atoms with Gasteiger partial charge in [0.15, 0.2) is 5.13 Å². The first-order valence-corrected chi connectivity index (χ1v) is 7.54. The molecule has 5 nitrogen and oxygen atoms in total. The van der Waals surface area contributed by atoms with Crippen LogP contribution < -0.4 is 5.32 Å². The number of rotatable bonds is 3. The lowest BCUT2D eigenvalue weighted by Crippen LogP contribution is -2.14. The summed E-state index contributed by atoms with van der Waals surface area (Å²) in [5.74, 6) is 0.394. The predicted molar refractivity (Wildman–Crippen MR) is 81.1 cm³/mol. The first-order valence-electron chi connectivity index (χ1n) is 6.72. The van der Waals surface area contributed by atoms with Crippen LogP contribution in [0.4, 0.5) is 5.13 Å². The minimum atomic E-state index is 0.0394. The molecule has 0 saturated heterocycles. The van der Waals surface area contributed by atoms with Crippen LogP contribution in [0.25, 0.3) is 10.2 Å². The van der Waals surface area contributed by atoms with Gasteiger partial charge >= 0.3 is 0 Å². The molecule has 1 saturated carbocycles. The first-order chi connectivity index (χ1) is 10.3. The molecule has 0 spiro atoms. The molecule has 0 radical (unpaired) electrons. The fourth-order valence-corrected chi connectivity index (χ4v) is 3.33. The van der Waals surface area contributed by atoms with Crippen molar-refractivity contribution in [1.82, 2.24) is 15.0 Å². The monoisotopic (exact) mass is 296 g/mol. The molecular formula is C15H12N4OS. The molecular weight excluding hydrogens is 284 g/mol. The van der Waals surface area contributed by atoms with Gasteiger partial charge in [0, 0.05) is 30.7 Å². The molecule has 3 aromatic heterocycles. The quantitative estimate of drug-likeness (QED) is 0.807. The van der Waals surface area contributed by atoms with Gasteiger partial charge in [-0.05, 0) is 36.1 Å². The molecule has 3 aromatic rings. The molecule has 0 aromatic carbocycles. The number of hydrogen-bond donors (Lipinski definition) is 1. The average molecular weight is 296 g/mol. The Morgan fingerprint density at radius 3 is 2.81 bits per heavy atom. The van der Waals surface area contributed by atoms with Crippen molar-refractivity contribution < 1.29 is 4.79 Å². The summed E-state index contributed by atoms with van der Waals surface area (Å²) < 4.78 is 0.981. The Labute approximate surface area is 125 Å². The summed E-state index contributed by atoms with van der Waals surface area (Å²) in [6.07, 6.45) is 7.89. The molecule has 1 fully saturated rings. The lowest BCUT2D eigenvalue weighted by molar-refractivity contribution is -0.117. The van der Waals surface area contributed by atoms with E-state index in [9.17, 15) is 4.79 Å². The van der Waals surface area contributed by atoms with E-state index in [2.05, 4.69) is 20.3 Å². The van der Waals surface area contributed by atoms with Crippen molar-refractivity contribution in [2.24, 2.45) is 5.92 Å². The highest BCUT2D eigenvalue weighted by molar-refractivity contribution is 7.22. The number of thiazole rings is 1. The second kappa shape index (κ2) is 4.89. The Morgan fingerprint density at radius 2 is 2.00 bits per heavy atom. The topological polar surface area (TPSA) is 67.8 Å². The second-order valence-corrected chi connectivity index (χ2v) is 6.11. The van der Waals surface area contributed by atoms with E-state index >= 15 is 0 Å². The number of hydrogen-bond acceptors (Lipinski definition) is 5. The Morgan fingerprint density at radius 1 is 1.19 bits per heavy atom. The molecule has 1 aliphatic carbocycles. The van der Waals surface area contributed by atoms with Crippen molar-refractivity contribution in [3.63, 3.8) is 0 Å². The largest absolute Gasteiger partial charge is 0.302 e.